The van der Waals surface area contributed by atoms with Crippen LogP contribution in [-0.2, 0) is 4.74 Å². The number of nitrogens with zero attached hydrogens (tertiary/aromatic N) is 3. The predicted molar refractivity (Wildman–Crippen MR) is 66.7 cm³/mol. The van der Waals surface area contributed by atoms with Gasteiger partial charge in [0, 0.05) is 6.54 Å². The van der Waals surface area contributed by atoms with Crippen LogP contribution >= 0.6 is 0 Å². The number of nitrogens with two attached hydrogens (primary N) is 1. The molecule has 1 fully saturated rings. The van der Waals surface area contributed by atoms with Gasteiger partial charge >= 0.3 is 0 Å². The van der Waals surface area contributed by atoms with E-state index >= 15 is 0 Å². The molecule has 1 aliphatic rings. The standard InChI is InChI=1S/C11H19N5O/c1-3-9-7-17-8(2)6-16(9)11-5-13-4-10(14-11)15-12/h4-5,8-9H,3,6-7,12H2,1-2H3,(H,14,15). The largest absolute Gasteiger partial charge is 0.375 e. The first-order valence-corrected chi connectivity index (χ1v) is 5.91. The van der Waals surface area contributed by atoms with Gasteiger partial charge in [0.2, 0.25) is 0 Å². The van der Waals surface area contributed by atoms with Crippen LogP contribution in [0.15, 0.2) is 12.4 Å². The minimum Gasteiger partial charge on any atom is -0.375 e. The van der Waals surface area contributed by atoms with Crippen LogP contribution in [0, 0.1) is 0 Å². The summed E-state index contributed by atoms with van der Waals surface area (Å²) in [5, 5.41) is 0. The average molecular weight is 237 g/mol. The Balaban J connectivity index is 2.22. The molecule has 2 rings (SSSR count). The second kappa shape index (κ2) is 5.29. The number of hydrogen-bond acceptors (Lipinski definition) is 6. The summed E-state index contributed by atoms with van der Waals surface area (Å²) in [6.45, 7) is 5.79. The van der Waals surface area contributed by atoms with E-state index in [1.807, 2.05) is 0 Å². The molecular formula is C11H19N5O. The highest BCUT2D eigenvalue weighted by atomic mass is 16.5. The van der Waals surface area contributed by atoms with E-state index in [0.29, 0.717) is 11.9 Å². The van der Waals surface area contributed by atoms with Crippen LogP contribution in [-0.4, -0.2) is 35.3 Å². The van der Waals surface area contributed by atoms with Gasteiger partial charge in [-0.2, -0.15) is 0 Å². The second-order valence-electron chi connectivity index (χ2n) is 4.27. The van der Waals surface area contributed by atoms with E-state index in [9.17, 15) is 0 Å². The maximum absolute atomic E-state index is 5.66. The molecule has 1 aromatic heterocycles. The molecule has 2 atom stereocenters. The number of nitrogens with one attached hydrogen (secondary N) is 1. The number of hydrogen-bond donors (Lipinski definition) is 2. The summed E-state index contributed by atoms with van der Waals surface area (Å²) in [5.74, 6) is 6.78. The third-order valence-corrected chi connectivity index (χ3v) is 3.00. The molecule has 94 valence electrons. The normalized spacial score (nSPS) is 24.8. The number of morpholine rings is 1. The quantitative estimate of drug-likeness (QED) is 0.597. The second-order valence-corrected chi connectivity index (χ2v) is 4.27. The van der Waals surface area contributed by atoms with Gasteiger partial charge in [-0.1, -0.05) is 6.92 Å². The van der Waals surface area contributed by atoms with Gasteiger partial charge in [-0.25, -0.2) is 10.8 Å². The van der Waals surface area contributed by atoms with Crippen molar-refractivity contribution < 1.29 is 4.74 Å². The zero-order chi connectivity index (χ0) is 12.3. The Labute approximate surface area is 101 Å². The molecule has 0 spiro atoms. The lowest BCUT2D eigenvalue weighted by Crippen LogP contribution is -2.49. The summed E-state index contributed by atoms with van der Waals surface area (Å²) in [7, 11) is 0. The van der Waals surface area contributed by atoms with Gasteiger partial charge < -0.3 is 15.1 Å². The van der Waals surface area contributed by atoms with E-state index in [-0.39, 0.29) is 6.10 Å². The number of ether oxygens (including phenoxy) is 1. The molecule has 0 saturated carbocycles. The molecule has 0 bridgehead atoms. The summed E-state index contributed by atoms with van der Waals surface area (Å²) in [5.41, 5.74) is 2.52. The molecule has 1 saturated heterocycles. The minimum absolute atomic E-state index is 0.217. The molecule has 0 radical (unpaired) electrons. The van der Waals surface area contributed by atoms with Crippen molar-refractivity contribution in [3.05, 3.63) is 12.4 Å². The molecule has 0 aromatic carbocycles. The van der Waals surface area contributed by atoms with Crippen molar-refractivity contribution in [1.29, 1.82) is 0 Å². The summed E-state index contributed by atoms with van der Waals surface area (Å²) in [6, 6.07) is 0.355. The van der Waals surface area contributed by atoms with Crippen LogP contribution in [0.2, 0.25) is 0 Å². The van der Waals surface area contributed by atoms with E-state index < -0.39 is 0 Å². The lowest BCUT2D eigenvalue weighted by atomic mass is 10.1. The van der Waals surface area contributed by atoms with Gasteiger partial charge in [0.05, 0.1) is 31.1 Å². The molecule has 1 aliphatic heterocycles. The van der Waals surface area contributed by atoms with Gasteiger partial charge in [0.25, 0.3) is 0 Å². The number of rotatable bonds is 3. The van der Waals surface area contributed by atoms with Crippen LogP contribution < -0.4 is 16.2 Å². The molecule has 17 heavy (non-hydrogen) atoms. The number of hydrazine groups is 1. The van der Waals surface area contributed by atoms with Gasteiger partial charge in [-0.15, -0.1) is 0 Å². The van der Waals surface area contributed by atoms with E-state index in [1.165, 1.54) is 0 Å². The Morgan fingerprint density at radius 2 is 2.41 bits per heavy atom. The van der Waals surface area contributed by atoms with E-state index in [2.05, 4.69) is 34.1 Å². The van der Waals surface area contributed by atoms with Crippen molar-refractivity contribution in [2.24, 2.45) is 5.84 Å². The van der Waals surface area contributed by atoms with Crippen molar-refractivity contribution in [2.75, 3.05) is 23.5 Å². The van der Waals surface area contributed by atoms with Gasteiger partial charge in [-0.3, -0.25) is 4.98 Å². The summed E-state index contributed by atoms with van der Waals surface area (Å²) in [6.07, 6.45) is 4.61. The van der Waals surface area contributed by atoms with Crippen molar-refractivity contribution in [3.8, 4) is 0 Å². The molecule has 3 N–H and O–H groups in total. The molecule has 6 heteroatoms. The molecular weight excluding hydrogens is 218 g/mol. The van der Waals surface area contributed by atoms with Crippen LogP contribution in [0.25, 0.3) is 0 Å². The highest BCUT2D eigenvalue weighted by Gasteiger charge is 2.26. The first-order valence-electron chi connectivity index (χ1n) is 5.91. The Hall–Kier alpha value is -1.40. The summed E-state index contributed by atoms with van der Waals surface area (Å²) >= 11 is 0. The third kappa shape index (κ3) is 2.65. The van der Waals surface area contributed by atoms with Crippen molar-refractivity contribution in [3.63, 3.8) is 0 Å². The average Bonchev–Trinajstić information content (AvgIpc) is 2.39. The van der Waals surface area contributed by atoms with Crippen LogP contribution in [0.4, 0.5) is 11.6 Å². The van der Waals surface area contributed by atoms with Gasteiger partial charge in [0.15, 0.2) is 5.82 Å². The fourth-order valence-electron chi connectivity index (χ4n) is 2.03. The fourth-order valence-corrected chi connectivity index (χ4v) is 2.03. The SMILES string of the molecule is CCC1COC(C)CN1c1cncc(NN)n1. The highest BCUT2D eigenvalue weighted by Crippen LogP contribution is 2.21. The van der Waals surface area contributed by atoms with Crippen LogP contribution in [0.3, 0.4) is 0 Å². The fraction of sp³-hybridized carbons (Fsp3) is 0.636. The van der Waals surface area contributed by atoms with E-state index in [0.717, 1.165) is 25.4 Å². The first-order chi connectivity index (χ1) is 8.24. The maximum atomic E-state index is 5.66. The predicted octanol–water partition coefficient (Wildman–Crippen LogP) is 0.766. The highest BCUT2D eigenvalue weighted by molar-refractivity contribution is 5.44. The lowest BCUT2D eigenvalue weighted by Gasteiger charge is -2.38. The smallest absolute Gasteiger partial charge is 0.160 e. The van der Waals surface area contributed by atoms with Gasteiger partial charge in [0.1, 0.15) is 5.82 Å². The zero-order valence-corrected chi connectivity index (χ0v) is 10.3. The minimum atomic E-state index is 0.217. The van der Waals surface area contributed by atoms with Crippen molar-refractivity contribution in [1.82, 2.24) is 9.97 Å². The summed E-state index contributed by atoms with van der Waals surface area (Å²) < 4.78 is 5.66. The van der Waals surface area contributed by atoms with Gasteiger partial charge in [-0.05, 0) is 13.3 Å². The Morgan fingerprint density at radius 1 is 1.59 bits per heavy atom. The third-order valence-electron chi connectivity index (χ3n) is 3.00. The molecule has 2 unspecified atom stereocenters. The Kier molecular flexibility index (Phi) is 3.75. The number of nitrogen functional groups attached to an aromatic ring is 1. The molecule has 0 aliphatic carbocycles. The first kappa shape index (κ1) is 12.1. The molecule has 6 nitrogen and oxygen atoms in total. The Morgan fingerprint density at radius 3 is 3.12 bits per heavy atom. The summed E-state index contributed by atoms with van der Waals surface area (Å²) in [4.78, 5) is 10.8. The van der Waals surface area contributed by atoms with Crippen molar-refractivity contribution >= 4 is 11.6 Å². The number of anilines is 2. The van der Waals surface area contributed by atoms with E-state index in [4.69, 9.17) is 10.6 Å². The van der Waals surface area contributed by atoms with Crippen LogP contribution in [0.1, 0.15) is 20.3 Å². The Bertz CT molecular complexity index is 373. The van der Waals surface area contributed by atoms with Crippen LogP contribution in [0.5, 0.6) is 0 Å². The molecule has 0 amide bonds. The monoisotopic (exact) mass is 237 g/mol. The lowest BCUT2D eigenvalue weighted by molar-refractivity contribution is 0.0296. The zero-order valence-electron chi connectivity index (χ0n) is 10.3. The topological polar surface area (TPSA) is 76.3 Å². The van der Waals surface area contributed by atoms with Crippen molar-refractivity contribution in [2.45, 2.75) is 32.4 Å². The number of aromatic nitrogens is 2. The maximum Gasteiger partial charge on any atom is 0.160 e. The molecule has 1 aromatic rings. The molecule has 2 heterocycles. The van der Waals surface area contributed by atoms with E-state index in [1.54, 1.807) is 12.4 Å².